The Bertz CT molecular complexity index is 400. The standard InChI is InChI=1S/C14H24N4/c1-2-11(15)14-9-16-10-18(14)13-6-8-17-7-4-3-5-12(13)17/h9-13H,2-8,15H2,1H3/t11-,12?,13?/m1/s1. The van der Waals surface area contributed by atoms with Gasteiger partial charge in [0.1, 0.15) is 0 Å². The number of hydrogen-bond donors (Lipinski definition) is 1. The molecule has 0 amide bonds. The summed E-state index contributed by atoms with van der Waals surface area (Å²) in [5, 5.41) is 0. The molecule has 3 heterocycles. The van der Waals surface area contributed by atoms with Crippen LogP contribution in [0.25, 0.3) is 0 Å². The van der Waals surface area contributed by atoms with Crippen LogP contribution in [-0.4, -0.2) is 33.6 Å². The van der Waals surface area contributed by atoms with Crippen LogP contribution in [0.5, 0.6) is 0 Å². The van der Waals surface area contributed by atoms with Gasteiger partial charge in [0.2, 0.25) is 0 Å². The maximum atomic E-state index is 6.20. The minimum atomic E-state index is 0.130. The smallest absolute Gasteiger partial charge is 0.0951 e. The molecule has 0 bridgehead atoms. The Balaban J connectivity index is 1.84. The van der Waals surface area contributed by atoms with Crippen LogP contribution in [0.15, 0.2) is 12.5 Å². The SMILES string of the molecule is CC[C@@H](N)c1cncn1C1CCN2CCCCC12. The highest BCUT2D eigenvalue weighted by Gasteiger charge is 2.37. The summed E-state index contributed by atoms with van der Waals surface area (Å²) in [5.74, 6) is 0. The average molecular weight is 248 g/mol. The molecule has 2 aliphatic heterocycles. The van der Waals surface area contributed by atoms with Crippen LogP contribution in [0.2, 0.25) is 0 Å². The summed E-state index contributed by atoms with van der Waals surface area (Å²) in [5.41, 5.74) is 7.42. The summed E-state index contributed by atoms with van der Waals surface area (Å²) in [7, 11) is 0. The van der Waals surface area contributed by atoms with Gasteiger partial charge in [-0.15, -0.1) is 0 Å². The fourth-order valence-corrected chi connectivity index (χ4v) is 3.63. The number of piperidine rings is 1. The van der Waals surface area contributed by atoms with Crippen molar-refractivity contribution in [3.63, 3.8) is 0 Å². The number of rotatable bonds is 3. The molecule has 18 heavy (non-hydrogen) atoms. The van der Waals surface area contributed by atoms with Crippen molar-refractivity contribution in [2.24, 2.45) is 5.73 Å². The molecule has 0 spiro atoms. The minimum Gasteiger partial charge on any atom is -0.328 e. The predicted octanol–water partition coefficient (Wildman–Crippen LogP) is 2.09. The molecule has 2 saturated heterocycles. The van der Waals surface area contributed by atoms with E-state index >= 15 is 0 Å². The third-order valence-electron chi connectivity index (χ3n) is 4.69. The van der Waals surface area contributed by atoms with Crippen LogP contribution in [0.4, 0.5) is 0 Å². The lowest BCUT2D eigenvalue weighted by molar-refractivity contribution is 0.172. The van der Waals surface area contributed by atoms with Crippen LogP contribution in [-0.2, 0) is 0 Å². The molecule has 4 nitrogen and oxygen atoms in total. The van der Waals surface area contributed by atoms with Gasteiger partial charge in [0.05, 0.1) is 18.1 Å². The normalized spacial score (nSPS) is 30.3. The van der Waals surface area contributed by atoms with E-state index in [1.165, 1.54) is 44.5 Å². The largest absolute Gasteiger partial charge is 0.328 e. The maximum absolute atomic E-state index is 6.20. The number of nitrogens with two attached hydrogens (primary N) is 1. The van der Waals surface area contributed by atoms with E-state index in [0.717, 1.165) is 12.5 Å². The van der Waals surface area contributed by atoms with Gasteiger partial charge in [-0.05, 0) is 32.2 Å². The van der Waals surface area contributed by atoms with Gasteiger partial charge in [-0.3, -0.25) is 4.90 Å². The van der Waals surface area contributed by atoms with Gasteiger partial charge in [-0.25, -0.2) is 4.98 Å². The fraction of sp³-hybridized carbons (Fsp3) is 0.786. The number of hydrogen-bond acceptors (Lipinski definition) is 3. The van der Waals surface area contributed by atoms with Gasteiger partial charge in [0, 0.05) is 24.8 Å². The molecule has 0 radical (unpaired) electrons. The molecule has 0 aromatic carbocycles. The molecule has 1 aromatic rings. The molecule has 2 unspecified atom stereocenters. The summed E-state index contributed by atoms with van der Waals surface area (Å²) in [6, 6.07) is 1.45. The molecule has 4 heteroatoms. The van der Waals surface area contributed by atoms with Gasteiger partial charge >= 0.3 is 0 Å². The molecule has 100 valence electrons. The Hall–Kier alpha value is -0.870. The zero-order valence-electron chi connectivity index (χ0n) is 11.3. The number of imidazole rings is 1. The first-order valence-electron chi connectivity index (χ1n) is 7.32. The van der Waals surface area contributed by atoms with Crippen LogP contribution >= 0.6 is 0 Å². The molecular weight excluding hydrogens is 224 g/mol. The Labute approximate surface area is 109 Å². The van der Waals surface area contributed by atoms with Crippen molar-refractivity contribution in [1.82, 2.24) is 14.5 Å². The number of nitrogens with zero attached hydrogens (tertiary/aromatic N) is 3. The Morgan fingerprint density at radius 1 is 1.33 bits per heavy atom. The summed E-state index contributed by atoms with van der Waals surface area (Å²) in [4.78, 5) is 7.00. The Kier molecular flexibility index (Phi) is 3.39. The van der Waals surface area contributed by atoms with Gasteiger partial charge in [-0.1, -0.05) is 13.3 Å². The van der Waals surface area contributed by atoms with Crippen LogP contribution < -0.4 is 5.73 Å². The van der Waals surface area contributed by atoms with Crippen molar-refractivity contribution < 1.29 is 0 Å². The van der Waals surface area contributed by atoms with E-state index in [0.29, 0.717) is 6.04 Å². The van der Waals surface area contributed by atoms with Crippen molar-refractivity contribution in [3.8, 4) is 0 Å². The van der Waals surface area contributed by atoms with Crippen molar-refractivity contribution in [1.29, 1.82) is 0 Å². The number of fused-ring (bicyclic) bond motifs is 1. The van der Waals surface area contributed by atoms with Gasteiger partial charge in [0.15, 0.2) is 0 Å². The van der Waals surface area contributed by atoms with E-state index in [1.54, 1.807) is 0 Å². The van der Waals surface area contributed by atoms with E-state index in [4.69, 9.17) is 5.73 Å². The lowest BCUT2D eigenvalue weighted by atomic mass is 9.98. The second-order valence-corrected chi connectivity index (χ2v) is 5.70. The maximum Gasteiger partial charge on any atom is 0.0951 e. The molecular formula is C14H24N4. The predicted molar refractivity (Wildman–Crippen MR) is 72.3 cm³/mol. The van der Waals surface area contributed by atoms with Crippen LogP contribution in [0.1, 0.15) is 56.8 Å². The highest BCUT2D eigenvalue weighted by atomic mass is 15.3. The van der Waals surface area contributed by atoms with E-state index in [-0.39, 0.29) is 6.04 Å². The van der Waals surface area contributed by atoms with Crippen molar-refractivity contribution in [3.05, 3.63) is 18.2 Å². The summed E-state index contributed by atoms with van der Waals surface area (Å²) in [6.45, 7) is 4.67. The van der Waals surface area contributed by atoms with Crippen molar-refractivity contribution in [2.75, 3.05) is 13.1 Å². The average Bonchev–Trinajstić information content (AvgIpc) is 3.03. The summed E-state index contributed by atoms with van der Waals surface area (Å²) >= 11 is 0. The molecule has 0 saturated carbocycles. The van der Waals surface area contributed by atoms with Crippen LogP contribution in [0, 0.1) is 0 Å². The van der Waals surface area contributed by atoms with Gasteiger partial charge < -0.3 is 10.3 Å². The highest BCUT2D eigenvalue weighted by Crippen LogP contribution is 2.36. The van der Waals surface area contributed by atoms with Gasteiger partial charge in [0.25, 0.3) is 0 Å². The monoisotopic (exact) mass is 248 g/mol. The van der Waals surface area contributed by atoms with Crippen molar-refractivity contribution >= 4 is 0 Å². The first-order valence-corrected chi connectivity index (χ1v) is 7.32. The van der Waals surface area contributed by atoms with E-state index < -0.39 is 0 Å². The van der Waals surface area contributed by atoms with Crippen LogP contribution in [0.3, 0.4) is 0 Å². The Morgan fingerprint density at radius 2 is 2.22 bits per heavy atom. The highest BCUT2D eigenvalue weighted by molar-refractivity contribution is 5.09. The second-order valence-electron chi connectivity index (χ2n) is 5.70. The second kappa shape index (κ2) is 5.02. The Morgan fingerprint density at radius 3 is 3.06 bits per heavy atom. The van der Waals surface area contributed by atoms with E-state index in [9.17, 15) is 0 Å². The summed E-state index contributed by atoms with van der Waals surface area (Å²) in [6.07, 6.45) is 10.3. The first-order chi connectivity index (χ1) is 8.81. The minimum absolute atomic E-state index is 0.130. The molecule has 0 aliphatic carbocycles. The fourth-order valence-electron chi connectivity index (χ4n) is 3.63. The molecule has 3 rings (SSSR count). The molecule has 2 N–H and O–H groups in total. The lowest BCUT2D eigenvalue weighted by Crippen LogP contribution is -2.38. The molecule has 1 aromatic heterocycles. The third kappa shape index (κ3) is 1.97. The van der Waals surface area contributed by atoms with Crippen molar-refractivity contribution in [2.45, 2.75) is 57.2 Å². The summed E-state index contributed by atoms with van der Waals surface area (Å²) < 4.78 is 2.37. The molecule has 2 aliphatic rings. The molecule has 2 fully saturated rings. The zero-order valence-corrected chi connectivity index (χ0v) is 11.3. The first kappa shape index (κ1) is 12.2. The lowest BCUT2D eigenvalue weighted by Gasteiger charge is -2.33. The van der Waals surface area contributed by atoms with E-state index in [1.807, 2.05) is 12.5 Å². The van der Waals surface area contributed by atoms with E-state index in [2.05, 4.69) is 21.4 Å². The zero-order chi connectivity index (χ0) is 12.5. The topological polar surface area (TPSA) is 47.1 Å². The third-order valence-corrected chi connectivity index (χ3v) is 4.69. The number of aromatic nitrogens is 2. The quantitative estimate of drug-likeness (QED) is 0.891. The molecule has 3 atom stereocenters. The van der Waals surface area contributed by atoms with Gasteiger partial charge in [-0.2, -0.15) is 0 Å².